The Morgan fingerprint density at radius 3 is 2.96 bits per heavy atom. The minimum absolute atomic E-state index is 0. The molecule has 2 heterocycles. The highest BCUT2D eigenvalue weighted by Crippen LogP contribution is 2.23. The Morgan fingerprint density at radius 1 is 1.42 bits per heavy atom. The molecule has 0 saturated carbocycles. The van der Waals surface area contributed by atoms with E-state index in [0.29, 0.717) is 6.04 Å². The molecule has 2 N–H and O–H groups in total. The lowest BCUT2D eigenvalue weighted by molar-refractivity contribution is 0.587. The monoisotopic (exact) mass is 488 g/mol. The van der Waals surface area contributed by atoms with E-state index in [-0.39, 0.29) is 24.0 Å². The Labute approximate surface area is 177 Å². The third-order valence-corrected chi connectivity index (χ3v) is 4.56. The molecule has 142 valence electrons. The van der Waals surface area contributed by atoms with Gasteiger partial charge in [0.15, 0.2) is 5.96 Å². The number of nitrogens with one attached hydrogen (secondary N) is 2. The fraction of sp³-hybridized carbons (Fsp3) is 0.444. The van der Waals surface area contributed by atoms with Crippen molar-refractivity contribution in [2.24, 2.45) is 4.99 Å². The van der Waals surface area contributed by atoms with Crippen molar-refractivity contribution in [1.82, 2.24) is 20.4 Å². The lowest BCUT2D eigenvalue weighted by Crippen LogP contribution is -2.45. The number of hydrogen-bond donors (Lipinski definition) is 2. The minimum atomic E-state index is 0. The number of aliphatic imine (C=N–C) groups is 1. The van der Waals surface area contributed by atoms with Gasteiger partial charge in [-0.05, 0) is 37.1 Å². The van der Waals surface area contributed by atoms with Gasteiger partial charge in [-0.25, -0.2) is 0 Å². The summed E-state index contributed by atoms with van der Waals surface area (Å²) in [6.07, 6.45) is 4.99. The second-order valence-electron chi connectivity index (χ2n) is 6.34. The van der Waals surface area contributed by atoms with Crippen LogP contribution < -0.4 is 15.5 Å². The molecule has 1 aromatic carbocycles. The van der Waals surface area contributed by atoms with E-state index < -0.39 is 0 Å². The highest BCUT2D eigenvalue weighted by molar-refractivity contribution is 14.0. The minimum Gasteiger partial charge on any atom is -0.369 e. The first-order valence-electron chi connectivity index (χ1n) is 8.61. The summed E-state index contributed by atoms with van der Waals surface area (Å²) in [5.41, 5.74) is 2.35. The maximum absolute atomic E-state index is 6.10. The van der Waals surface area contributed by atoms with Crippen LogP contribution in [-0.4, -0.2) is 48.5 Å². The predicted molar refractivity (Wildman–Crippen MR) is 119 cm³/mol. The maximum Gasteiger partial charge on any atom is 0.191 e. The van der Waals surface area contributed by atoms with E-state index in [2.05, 4.69) is 31.7 Å². The van der Waals surface area contributed by atoms with Gasteiger partial charge in [-0.15, -0.1) is 24.0 Å². The third-order valence-electron chi connectivity index (χ3n) is 4.32. The number of aryl methyl sites for hydroxylation is 1. The molecule has 0 amide bonds. The summed E-state index contributed by atoms with van der Waals surface area (Å²) in [6, 6.07) is 8.40. The molecule has 1 aliphatic heterocycles. The molecule has 1 atom stereocenters. The number of nitrogens with zero attached hydrogens (tertiary/aromatic N) is 4. The first-order chi connectivity index (χ1) is 12.1. The number of anilines is 1. The van der Waals surface area contributed by atoms with Gasteiger partial charge in [0.25, 0.3) is 0 Å². The van der Waals surface area contributed by atoms with E-state index in [4.69, 9.17) is 11.6 Å². The molecular weight excluding hydrogens is 463 g/mol. The number of benzene rings is 1. The van der Waals surface area contributed by atoms with Crippen molar-refractivity contribution in [2.75, 3.05) is 31.6 Å². The summed E-state index contributed by atoms with van der Waals surface area (Å²) >= 11 is 6.10. The van der Waals surface area contributed by atoms with Crippen LogP contribution in [-0.2, 0) is 6.54 Å². The van der Waals surface area contributed by atoms with Crippen molar-refractivity contribution in [1.29, 1.82) is 0 Å². The van der Waals surface area contributed by atoms with Gasteiger partial charge < -0.3 is 15.5 Å². The lowest BCUT2D eigenvalue weighted by Gasteiger charge is -2.20. The zero-order valence-corrected chi connectivity index (χ0v) is 18.2. The van der Waals surface area contributed by atoms with Gasteiger partial charge in [0.1, 0.15) is 0 Å². The molecule has 26 heavy (non-hydrogen) atoms. The Kier molecular flexibility index (Phi) is 8.02. The van der Waals surface area contributed by atoms with Crippen LogP contribution in [0.3, 0.4) is 0 Å². The first kappa shape index (κ1) is 20.8. The van der Waals surface area contributed by atoms with Crippen LogP contribution in [0, 0.1) is 6.92 Å². The molecule has 8 heteroatoms. The molecule has 3 rings (SSSR count). The Bertz CT molecular complexity index is 732. The van der Waals surface area contributed by atoms with Crippen molar-refractivity contribution in [3.63, 3.8) is 0 Å². The lowest BCUT2D eigenvalue weighted by atomic mass is 10.3. The van der Waals surface area contributed by atoms with Gasteiger partial charge >= 0.3 is 0 Å². The van der Waals surface area contributed by atoms with Crippen molar-refractivity contribution >= 4 is 47.2 Å². The normalized spacial score (nSPS) is 17.1. The molecule has 6 nitrogen and oxygen atoms in total. The van der Waals surface area contributed by atoms with Crippen LogP contribution in [0.4, 0.5) is 5.69 Å². The fourth-order valence-corrected chi connectivity index (χ4v) is 3.24. The number of aromatic nitrogens is 2. The Morgan fingerprint density at radius 2 is 2.27 bits per heavy atom. The van der Waals surface area contributed by atoms with Crippen LogP contribution in [0.1, 0.15) is 12.0 Å². The molecular formula is C18H26ClIN6. The van der Waals surface area contributed by atoms with Gasteiger partial charge in [0, 0.05) is 49.6 Å². The summed E-state index contributed by atoms with van der Waals surface area (Å²) in [6.45, 7) is 5.60. The molecule has 2 aromatic rings. The standard InChI is InChI=1S/C18H25ClN6.HI/c1-14-11-22-25(12-14)9-7-21-18(20-2)23-16-6-8-24(13-16)17-5-3-4-15(19)10-17;/h3-5,10-12,16H,6-9,13H2,1-2H3,(H2,20,21,23);1H. The summed E-state index contributed by atoms with van der Waals surface area (Å²) in [5.74, 6) is 0.835. The third kappa shape index (κ3) is 5.77. The largest absolute Gasteiger partial charge is 0.369 e. The quantitative estimate of drug-likeness (QED) is 0.386. The highest BCUT2D eigenvalue weighted by atomic mass is 127. The second kappa shape index (κ2) is 10.0. The van der Waals surface area contributed by atoms with E-state index >= 15 is 0 Å². The number of guanidine groups is 1. The van der Waals surface area contributed by atoms with Crippen LogP contribution in [0.2, 0.25) is 5.02 Å². The van der Waals surface area contributed by atoms with Crippen LogP contribution >= 0.6 is 35.6 Å². The van der Waals surface area contributed by atoms with Crippen LogP contribution in [0.5, 0.6) is 0 Å². The molecule has 0 bridgehead atoms. The molecule has 1 fully saturated rings. The average molecular weight is 489 g/mol. The number of rotatable bonds is 5. The molecule has 0 spiro atoms. The Balaban J connectivity index is 0.00000243. The van der Waals surface area contributed by atoms with Crippen molar-refractivity contribution in [3.05, 3.63) is 47.2 Å². The SMILES string of the molecule is CN=C(NCCn1cc(C)cn1)NC1CCN(c2cccc(Cl)c2)C1.I. The Hall–Kier alpha value is -1.48. The van der Waals surface area contributed by atoms with Crippen molar-refractivity contribution < 1.29 is 0 Å². The molecule has 1 saturated heterocycles. The van der Waals surface area contributed by atoms with E-state index in [1.54, 1.807) is 7.05 Å². The fourth-order valence-electron chi connectivity index (χ4n) is 3.05. The van der Waals surface area contributed by atoms with E-state index in [1.165, 1.54) is 11.3 Å². The number of halogens is 2. The van der Waals surface area contributed by atoms with Gasteiger partial charge in [0.05, 0.1) is 12.7 Å². The summed E-state index contributed by atoms with van der Waals surface area (Å²) < 4.78 is 1.94. The molecule has 0 radical (unpaired) electrons. The van der Waals surface area contributed by atoms with Crippen molar-refractivity contribution in [2.45, 2.75) is 25.9 Å². The first-order valence-corrected chi connectivity index (χ1v) is 8.98. The zero-order chi connectivity index (χ0) is 17.6. The summed E-state index contributed by atoms with van der Waals surface area (Å²) in [4.78, 5) is 6.68. The van der Waals surface area contributed by atoms with Gasteiger partial charge in [-0.3, -0.25) is 9.67 Å². The number of hydrogen-bond acceptors (Lipinski definition) is 3. The second-order valence-corrected chi connectivity index (χ2v) is 6.77. The molecule has 1 aromatic heterocycles. The van der Waals surface area contributed by atoms with Crippen LogP contribution in [0.25, 0.3) is 0 Å². The van der Waals surface area contributed by atoms with Gasteiger partial charge in [0.2, 0.25) is 0 Å². The topological polar surface area (TPSA) is 57.5 Å². The molecule has 1 aliphatic rings. The maximum atomic E-state index is 6.10. The van der Waals surface area contributed by atoms with Gasteiger partial charge in [-0.1, -0.05) is 17.7 Å². The predicted octanol–water partition coefficient (Wildman–Crippen LogP) is 2.91. The summed E-state index contributed by atoms with van der Waals surface area (Å²) in [7, 11) is 1.80. The molecule has 1 unspecified atom stereocenters. The summed E-state index contributed by atoms with van der Waals surface area (Å²) in [5, 5.41) is 11.9. The zero-order valence-electron chi connectivity index (χ0n) is 15.2. The van der Waals surface area contributed by atoms with E-state index in [0.717, 1.165) is 43.6 Å². The smallest absolute Gasteiger partial charge is 0.191 e. The average Bonchev–Trinajstić information content (AvgIpc) is 3.23. The van der Waals surface area contributed by atoms with Crippen molar-refractivity contribution in [3.8, 4) is 0 Å². The van der Waals surface area contributed by atoms with E-state index in [1.807, 2.05) is 42.2 Å². The van der Waals surface area contributed by atoms with Gasteiger partial charge in [-0.2, -0.15) is 5.10 Å². The molecule has 0 aliphatic carbocycles. The van der Waals surface area contributed by atoms with Crippen LogP contribution in [0.15, 0.2) is 41.7 Å². The highest BCUT2D eigenvalue weighted by Gasteiger charge is 2.23. The van der Waals surface area contributed by atoms with E-state index in [9.17, 15) is 0 Å².